The van der Waals surface area contributed by atoms with Crippen LogP contribution in [0.1, 0.15) is 42.6 Å². The first-order chi connectivity index (χ1) is 9.11. The van der Waals surface area contributed by atoms with Crippen molar-refractivity contribution in [3.8, 4) is 0 Å². The normalized spacial score (nSPS) is 12.7. The average molecular weight is 319 g/mol. The lowest BCUT2D eigenvalue weighted by molar-refractivity contribution is 0.670. The SMILES string of the molecule is CNC(c1ccc(C(C)C)cc1)c1ccc(Br)cn1. The molecule has 0 saturated heterocycles. The van der Waals surface area contributed by atoms with Crippen LogP contribution in [0.25, 0.3) is 0 Å². The van der Waals surface area contributed by atoms with Crippen molar-refractivity contribution in [1.29, 1.82) is 0 Å². The van der Waals surface area contributed by atoms with Crippen molar-refractivity contribution < 1.29 is 0 Å². The first-order valence-electron chi connectivity index (χ1n) is 6.50. The maximum absolute atomic E-state index is 4.47. The number of hydrogen-bond acceptors (Lipinski definition) is 2. The third kappa shape index (κ3) is 3.43. The number of rotatable bonds is 4. The van der Waals surface area contributed by atoms with Gasteiger partial charge in [0.2, 0.25) is 0 Å². The summed E-state index contributed by atoms with van der Waals surface area (Å²) < 4.78 is 1.00. The van der Waals surface area contributed by atoms with E-state index in [-0.39, 0.29) is 6.04 Å². The smallest absolute Gasteiger partial charge is 0.0748 e. The predicted octanol–water partition coefficient (Wildman–Crippen LogP) is 4.28. The van der Waals surface area contributed by atoms with Gasteiger partial charge in [-0.15, -0.1) is 0 Å². The summed E-state index contributed by atoms with van der Waals surface area (Å²) in [6.45, 7) is 4.42. The fraction of sp³-hybridized carbons (Fsp3) is 0.312. The Morgan fingerprint density at radius 2 is 1.63 bits per heavy atom. The van der Waals surface area contributed by atoms with E-state index in [1.54, 1.807) is 0 Å². The van der Waals surface area contributed by atoms with Gasteiger partial charge in [0.1, 0.15) is 0 Å². The Kier molecular flexibility index (Phi) is 4.72. The van der Waals surface area contributed by atoms with Gasteiger partial charge in [0.15, 0.2) is 0 Å². The molecule has 0 radical (unpaired) electrons. The minimum absolute atomic E-state index is 0.134. The van der Waals surface area contributed by atoms with Crippen LogP contribution in [0.5, 0.6) is 0 Å². The maximum atomic E-state index is 4.47. The van der Waals surface area contributed by atoms with E-state index in [1.807, 2.05) is 25.4 Å². The van der Waals surface area contributed by atoms with E-state index in [4.69, 9.17) is 0 Å². The summed E-state index contributed by atoms with van der Waals surface area (Å²) in [4.78, 5) is 4.47. The zero-order valence-corrected chi connectivity index (χ0v) is 13.1. The Balaban J connectivity index is 2.28. The van der Waals surface area contributed by atoms with Gasteiger partial charge in [-0.3, -0.25) is 4.98 Å². The van der Waals surface area contributed by atoms with Crippen molar-refractivity contribution >= 4 is 15.9 Å². The molecule has 1 aromatic carbocycles. The summed E-state index contributed by atoms with van der Waals surface area (Å²) in [5, 5.41) is 3.32. The van der Waals surface area contributed by atoms with Gasteiger partial charge in [-0.25, -0.2) is 0 Å². The highest BCUT2D eigenvalue weighted by Crippen LogP contribution is 2.23. The second-order valence-corrected chi connectivity index (χ2v) is 5.86. The minimum Gasteiger partial charge on any atom is -0.308 e. The van der Waals surface area contributed by atoms with Crippen LogP contribution in [0.3, 0.4) is 0 Å². The molecule has 0 spiro atoms. The van der Waals surface area contributed by atoms with Crippen molar-refractivity contribution in [2.45, 2.75) is 25.8 Å². The van der Waals surface area contributed by atoms with Gasteiger partial charge >= 0.3 is 0 Å². The number of pyridine rings is 1. The largest absolute Gasteiger partial charge is 0.308 e. The van der Waals surface area contributed by atoms with Crippen LogP contribution >= 0.6 is 15.9 Å². The minimum atomic E-state index is 0.134. The molecule has 1 atom stereocenters. The van der Waals surface area contributed by atoms with Crippen LogP contribution < -0.4 is 5.32 Å². The molecule has 3 heteroatoms. The average Bonchev–Trinajstić information content (AvgIpc) is 2.42. The lowest BCUT2D eigenvalue weighted by atomic mass is 9.97. The highest BCUT2D eigenvalue weighted by atomic mass is 79.9. The Morgan fingerprint density at radius 3 is 2.11 bits per heavy atom. The topological polar surface area (TPSA) is 24.9 Å². The third-order valence-corrected chi connectivity index (χ3v) is 3.74. The molecule has 0 aliphatic rings. The molecule has 1 aromatic heterocycles. The molecule has 0 fully saturated rings. The van der Waals surface area contributed by atoms with Crippen molar-refractivity contribution in [1.82, 2.24) is 10.3 Å². The van der Waals surface area contributed by atoms with Crippen LogP contribution in [0.15, 0.2) is 47.1 Å². The number of hydrogen-bond donors (Lipinski definition) is 1. The van der Waals surface area contributed by atoms with Crippen LogP contribution in [0, 0.1) is 0 Å². The first-order valence-corrected chi connectivity index (χ1v) is 7.29. The summed E-state index contributed by atoms with van der Waals surface area (Å²) >= 11 is 3.42. The molecule has 1 unspecified atom stereocenters. The molecule has 1 heterocycles. The van der Waals surface area contributed by atoms with E-state index < -0.39 is 0 Å². The molecule has 0 aliphatic carbocycles. The van der Waals surface area contributed by atoms with Crippen LogP contribution in [-0.4, -0.2) is 12.0 Å². The predicted molar refractivity (Wildman–Crippen MR) is 83.4 cm³/mol. The molecule has 100 valence electrons. The lowest BCUT2D eigenvalue weighted by Gasteiger charge is -2.17. The van der Waals surface area contributed by atoms with Gasteiger partial charge in [0.05, 0.1) is 11.7 Å². The van der Waals surface area contributed by atoms with Gasteiger partial charge in [-0.2, -0.15) is 0 Å². The van der Waals surface area contributed by atoms with Crippen molar-refractivity contribution in [2.75, 3.05) is 7.05 Å². The Morgan fingerprint density at radius 1 is 1.00 bits per heavy atom. The van der Waals surface area contributed by atoms with E-state index in [2.05, 4.69) is 64.3 Å². The second-order valence-electron chi connectivity index (χ2n) is 4.94. The molecule has 2 rings (SSSR count). The quantitative estimate of drug-likeness (QED) is 0.910. The summed E-state index contributed by atoms with van der Waals surface area (Å²) in [7, 11) is 1.96. The molecule has 2 nitrogen and oxygen atoms in total. The van der Waals surface area contributed by atoms with Gasteiger partial charge in [0, 0.05) is 10.7 Å². The highest BCUT2D eigenvalue weighted by molar-refractivity contribution is 9.10. The van der Waals surface area contributed by atoms with E-state index in [1.165, 1.54) is 11.1 Å². The summed E-state index contributed by atoms with van der Waals surface area (Å²) in [5.41, 5.74) is 3.63. The summed E-state index contributed by atoms with van der Waals surface area (Å²) in [6.07, 6.45) is 1.84. The number of aromatic nitrogens is 1. The molecule has 0 saturated carbocycles. The fourth-order valence-corrected chi connectivity index (χ4v) is 2.35. The van der Waals surface area contributed by atoms with Crippen molar-refractivity contribution in [3.63, 3.8) is 0 Å². The molecular formula is C16H19BrN2. The van der Waals surface area contributed by atoms with Gasteiger partial charge < -0.3 is 5.32 Å². The van der Waals surface area contributed by atoms with E-state index in [0.717, 1.165) is 10.2 Å². The van der Waals surface area contributed by atoms with Crippen molar-refractivity contribution in [3.05, 3.63) is 63.9 Å². The van der Waals surface area contributed by atoms with Crippen LogP contribution in [0.4, 0.5) is 0 Å². The third-order valence-electron chi connectivity index (χ3n) is 3.27. The second kappa shape index (κ2) is 6.31. The lowest BCUT2D eigenvalue weighted by Crippen LogP contribution is -2.18. The maximum Gasteiger partial charge on any atom is 0.0748 e. The number of nitrogens with one attached hydrogen (secondary N) is 1. The zero-order chi connectivity index (χ0) is 13.8. The monoisotopic (exact) mass is 318 g/mol. The standard InChI is InChI=1S/C16H19BrN2/c1-11(2)12-4-6-13(7-5-12)16(18-3)15-9-8-14(17)10-19-15/h4-11,16,18H,1-3H3. The van der Waals surface area contributed by atoms with E-state index in [0.29, 0.717) is 5.92 Å². The molecule has 1 N–H and O–H groups in total. The number of benzene rings is 1. The first kappa shape index (κ1) is 14.2. The van der Waals surface area contributed by atoms with Gasteiger partial charge in [-0.1, -0.05) is 38.1 Å². The van der Waals surface area contributed by atoms with Crippen molar-refractivity contribution in [2.24, 2.45) is 0 Å². The molecular weight excluding hydrogens is 300 g/mol. The molecule has 2 aromatic rings. The summed E-state index contributed by atoms with van der Waals surface area (Å²) in [5.74, 6) is 0.563. The molecule has 19 heavy (non-hydrogen) atoms. The van der Waals surface area contributed by atoms with Crippen LogP contribution in [-0.2, 0) is 0 Å². The van der Waals surface area contributed by atoms with Crippen LogP contribution in [0.2, 0.25) is 0 Å². The van der Waals surface area contributed by atoms with E-state index in [9.17, 15) is 0 Å². The Labute approximate surface area is 123 Å². The Hall–Kier alpha value is -1.19. The van der Waals surface area contributed by atoms with Gasteiger partial charge in [-0.05, 0) is 52.2 Å². The Bertz CT molecular complexity index is 517. The highest BCUT2D eigenvalue weighted by Gasteiger charge is 2.13. The summed E-state index contributed by atoms with van der Waals surface area (Å²) in [6, 6.07) is 13.0. The number of halogens is 1. The van der Waals surface area contributed by atoms with E-state index >= 15 is 0 Å². The fourth-order valence-electron chi connectivity index (χ4n) is 2.12. The molecule has 0 amide bonds. The molecule has 0 bridgehead atoms. The number of nitrogens with zero attached hydrogens (tertiary/aromatic N) is 1. The zero-order valence-electron chi connectivity index (χ0n) is 11.5. The molecule has 0 aliphatic heterocycles. The van der Waals surface area contributed by atoms with Gasteiger partial charge in [0.25, 0.3) is 0 Å².